The molecule has 0 aliphatic carbocycles. The molecule has 0 fully saturated rings. The van der Waals surface area contributed by atoms with Crippen molar-refractivity contribution in [1.29, 1.82) is 0 Å². The lowest BCUT2D eigenvalue weighted by Gasteiger charge is -2.22. The second-order valence-corrected chi connectivity index (χ2v) is 5.10. The minimum atomic E-state index is -4.95. The molecule has 1 aromatic carbocycles. The zero-order valence-corrected chi connectivity index (χ0v) is 12.6. The van der Waals surface area contributed by atoms with Crippen molar-refractivity contribution in [2.75, 3.05) is 11.1 Å². The standard InChI is InChI=1S/C14H13F6N5/c15-13(16,17)9(7-6-8-4-2-1-3-5-8)22-12-24-10(14(18,19)20)23-11(21)25-12/h1-5,9H,6-7H2,(H3,21,22,23,24,25). The topological polar surface area (TPSA) is 76.7 Å². The first-order valence-corrected chi connectivity index (χ1v) is 7.01. The second-order valence-electron chi connectivity index (χ2n) is 5.10. The number of nitrogens with zero attached hydrogens (tertiary/aromatic N) is 3. The molecule has 0 aliphatic heterocycles. The summed E-state index contributed by atoms with van der Waals surface area (Å²) in [6.45, 7) is 0. The van der Waals surface area contributed by atoms with Crippen molar-refractivity contribution < 1.29 is 26.3 Å². The lowest BCUT2D eigenvalue weighted by Crippen LogP contribution is -2.37. The van der Waals surface area contributed by atoms with Crippen LogP contribution in [0.1, 0.15) is 17.8 Å². The molecule has 5 nitrogen and oxygen atoms in total. The number of anilines is 2. The summed E-state index contributed by atoms with van der Waals surface area (Å²) in [6.07, 6.45) is -10.0. The van der Waals surface area contributed by atoms with Gasteiger partial charge < -0.3 is 11.1 Å². The Morgan fingerprint density at radius 3 is 2.16 bits per heavy atom. The fraction of sp³-hybridized carbons (Fsp3) is 0.357. The van der Waals surface area contributed by atoms with Crippen molar-refractivity contribution in [3.63, 3.8) is 0 Å². The number of nitrogen functional groups attached to an aromatic ring is 1. The number of benzene rings is 1. The number of rotatable bonds is 5. The molecule has 0 amide bonds. The molecule has 1 aromatic heterocycles. The smallest absolute Gasteiger partial charge is 0.368 e. The largest absolute Gasteiger partial charge is 0.451 e. The molecule has 0 saturated heterocycles. The molecular formula is C14H13F6N5. The summed E-state index contributed by atoms with van der Waals surface area (Å²) >= 11 is 0. The number of halogens is 6. The monoisotopic (exact) mass is 365 g/mol. The van der Waals surface area contributed by atoms with E-state index in [2.05, 4.69) is 15.0 Å². The maximum atomic E-state index is 13.2. The maximum Gasteiger partial charge on any atom is 0.451 e. The van der Waals surface area contributed by atoms with Gasteiger partial charge >= 0.3 is 12.4 Å². The highest BCUT2D eigenvalue weighted by atomic mass is 19.4. The highest BCUT2D eigenvalue weighted by Crippen LogP contribution is 2.29. The predicted molar refractivity (Wildman–Crippen MR) is 77.5 cm³/mol. The van der Waals surface area contributed by atoms with Crippen molar-refractivity contribution in [2.24, 2.45) is 0 Å². The maximum absolute atomic E-state index is 13.2. The van der Waals surface area contributed by atoms with Crippen LogP contribution in [0.3, 0.4) is 0 Å². The van der Waals surface area contributed by atoms with Gasteiger partial charge in [-0.3, -0.25) is 0 Å². The molecular weight excluding hydrogens is 352 g/mol. The number of nitrogens with two attached hydrogens (primary N) is 1. The average molecular weight is 365 g/mol. The van der Waals surface area contributed by atoms with Gasteiger partial charge in [-0.25, -0.2) is 0 Å². The molecule has 25 heavy (non-hydrogen) atoms. The van der Waals surface area contributed by atoms with Crippen LogP contribution in [0.15, 0.2) is 30.3 Å². The highest BCUT2D eigenvalue weighted by molar-refractivity contribution is 5.33. The summed E-state index contributed by atoms with van der Waals surface area (Å²) in [6, 6.07) is 6.22. The Hall–Kier alpha value is -2.59. The normalized spacial score (nSPS) is 13.5. The zero-order valence-electron chi connectivity index (χ0n) is 12.6. The van der Waals surface area contributed by atoms with E-state index in [1.165, 1.54) is 0 Å². The molecule has 0 saturated carbocycles. The summed E-state index contributed by atoms with van der Waals surface area (Å²) in [5.41, 5.74) is 5.78. The summed E-state index contributed by atoms with van der Waals surface area (Å²) in [5, 5.41) is 1.88. The number of aryl methyl sites for hydroxylation is 1. The SMILES string of the molecule is Nc1nc(NC(CCc2ccccc2)C(F)(F)F)nc(C(F)(F)F)n1. The van der Waals surface area contributed by atoms with E-state index in [-0.39, 0.29) is 6.42 Å². The molecule has 1 unspecified atom stereocenters. The molecule has 0 radical (unpaired) electrons. The average Bonchev–Trinajstić information content (AvgIpc) is 2.50. The van der Waals surface area contributed by atoms with Crippen molar-refractivity contribution in [2.45, 2.75) is 31.2 Å². The minimum absolute atomic E-state index is 0.0602. The summed E-state index contributed by atoms with van der Waals surface area (Å²) in [7, 11) is 0. The van der Waals surface area contributed by atoms with E-state index < -0.39 is 42.5 Å². The van der Waals surface area contributed by atoms with Gasteiger partial charge in [0.05, 0.1) is 0 Å². The third-order valence-electron chi connectivity index (χ3n) is 3.17. The van der Waals surface area contributed by atoms with Gasteiger partial charge in [-0.05, 0) is 18.4 Å². The Labute approximate surface area is 138 Å². The van der Waals surface area contributed by atoms with Gasteiger partial charge in [-0.1, -0.05) is 30.3 Å². The van der Waals surface area contributed by atoms with Gasteiger partial charge in [0.2, 0.25) is 17.7 Å². The van der Waals surface area contributed by atoms with Crippen molar-refractivity contribution >= 4 is 11.9 Å². The molecule has 0 spiro atoms. The Morgan fingerprint density at radius 2 is 1.60 bits per heavy atom. The predicted octanol–water partition coefficient (Wildman–Crippen LogP) is 3.45. The number of hydrogen-bond donors (Lipinski definition) is 2. The van der Waals surface area contributed by atoms with Crippen LogP contribution < -0.4 is 11.1 Å². The minimum Gasteiger partial charge on any atom is -0.368 e. The van der Waals surface area contributed by atoms with Crippen LogP contribution in [0.25, 0.3) is 0 Å². The molecule has 2 rings (SSSR count). The molecule has 1 heterocycles. The molecule has 0 bridgehead atoms. The van der Waals surface area contributed by atoms with Gasteiger partial charge in [0.25, 0.3) is 0 Å². The third-order valence-corrected chi connectivity index (χ3v) is 3.17. The van der Waals surface area contributed by atoms with E-state index in [4.69, 9.17) is 5.73 Å². The number of hydrogen-bond acceptors (Lipinski definition) is 5. The first-order valence-electron chi connectivity index (χ1n) is 7.01. The third kappa shape index (κ3) is 5.47. The second kappa shape index (κ2) is 7.11. The number of aromatic nitrogens is 3. The zero-order chi connectivity index (χ0) is 18.7. The van der Waals surface area contributed by atoms with Crippen molar-refractivity contribution in [3.05, 3.63) is 41.7 Å². The Balaban J connectivity index is 2.18. The fourth-order valence-corrected chi connectivity index (χ4v) is 2.01. The lowest BCUT2D eigenvalue weighted by molar-refractivity contribution is -0.145. The molecule has 2 aromatic rings. The van der Waals surface area contributed by atoms with Crippen LogP contribution in [0.2, 0.25) is 0 Å². The van der Waals surface area contributed by atoms with E-state index in [1.54, 1.807) is 30.3 Å². The van der Waals surface area contributed by atoms with Crippen LogP contribution in [0.4, 0.5) is 38.2 Å². The van der Waals surface area contributed by atoms with Crippen LogP contribution in [-0.2, 0) is 12.6 Å². The first-order chi connectivity index (χ1) is 11.6. The van der Waals surface area contributed by atoms with E-state index in [1.807, 2.05) is 5.32 Å². The number of alkyl halides is 6. The van der Waals surface area contributed by atoms with Gasteiger partial charge in [0, 0.05) is 0 Å². The highest BCUT2D eigenvalue weighted by Gasteiger charge is 2.41. The summed E-state index contributed by atoms with van der Waals surface area (Å²) in [5.74, 6) is -3.37. The van der Waals surface area contributed by atoms with Gasteiger partial charge in [0.15, 0.2) is 0 Å². The first kappa shape index (κ1) is 18.7. The molecule has 136 valence electrons. The molecule has 0 aliphatic rings. The molecule has 3 N–H and O–H groups in total. The quantitative estimate of drug-likeness (QED) is 0.794. The van der Waals surface area contributed by atoms with E-state index in [0.717, 1.165) is 0 Å². The van der Waals surface area contributed by atoms with Crippen LogP contribution in [0, 0.1) is 0 Å². The molecule has 1 atom stereocenters. The van der Waals surface area contributed by atoms with E-state index in [0.29, 0.717) is 5.56 Å². The van der Waals surface area contributed by atoms with Crippen molar-refractivity contribution in [1.82, 2.24) is 15.0 Å². The summed E-state index contributed by atoms with van der Waals surface area (Å²) in [4.78, 5) is 9.15. The van der Waals surface area contributed by atoms with Gasteiger partial charge in [0.1, 0.15) is 6.04 Å². The van der Waals surface area contributed by atoms with Crippen molar-refractivity contribution in [3.8, 4) is 0 Å². The van der Waals surface area contributed by atoms with E-state index >= 15 is 0 Å². The fourth-order valence-electron chi connectivity index (χ4n) is 2.01. The summed E-state index contributed by atoms with van der Waals surface area (Å²) < 4.78 is 77.4. The Kier molecular flexibility index (Phi) is 5.33. The van der Waals surface area contributed by atoms with E-state index in [9.17, 15) is 26.3 Å². The Morgan fingerprint density at radius 1 is 0.960 bits per heavy atom. The van der Waals surface area contributed by atoms with Gasteiger partial charge in [-0.2, -0.15) is 41.3 Å². The number of nitrogens with one attached hydrogen (secondary N) is 1. The van der Waals surface area contributed by atoms with Crippen LogP contribution in [-0.4, -0.2) is 27.2 Å². The van der Waals surface area contributed by atoms with Gasteiger partial charge in [-0.15, -0.1) is 0 Å². The van der Waals surface area contributed by atoms with Crippen LogP contribution >= 0.6 is 0 Å². The lowest BCUT2D eigenvalue weighted by atomic mass is 10.1. The molecule has 11 heteroatoms. The van der Waals surface area contributed by atoms with Crippen LogP contribution in [0.5, 0.6) is 0 Å². The Bertz CT molecular complexity index is 701.